The third kappa shape index (κ3) is 2.42. The molecule has 1 aromatic carbocycles. The van der Waals surface area contributed by atoms with Crippen molar-refractivity contribution < 1.29 is 0 Å². The van der Waals surface area contributed by atoms with Gasteiger partial charge in [-0.05, 0) is 17.0 Å². The van der Waals surface area contributed by atoms with Crippen molar-refractivity contribution >= 4 is 5.69 Å². The maximum absolute atomic E-state index is 5.61. The van der Waals surface area contributed by atoms with Gasteiger partial charge in [-0.2, -0.15) is 5.10 Å². The minimum absolute atomic E-state index is 0.578. The molecule has 0 bridgehead atoms. The molecule has 0 aliphatic heterocycles. The Bertz CT molecular complexity index is 454. The smallest absolute Gasteiger partial charge is 0.0719 e. The van der Waals surface area contributed by atoms with E-state index in [9.17, 15) is 0 Å². The first kappa shape index (κ1) is 10.7. The molecule has 0 saturated heterocycles. The molecule has 3 nitrogen and oxygen atoms in total. The van der Waals surface area contributed by atoms with Gasteiger partial charge in [-0.15, -0.1) is 0 Å². The third-order valence-electron chi connectivity index (χ3n) is 2.64. The van der Waals surface area contributed by atoms with E-state index in [1.54, 1.807) is 6.20 Å². The monoisotopic (exact) mass is 215 g/mol. The molecule has 0 amide bonds. The van der Waals surface area contributed by atoms with E-state index in [4.69, 9.17) is 5.73 Å². The number of hydrogen-bond donors (Lipinski definition) is 1. The van der Waals surface area contributed by atoms with Crippen LogP contribution in [0.15, 0.2) is 36.7 Å². The Morgan fingerprint density at radius 1 is 1.25 bits per heavy atom. The van der Waals surface area contributed by atoms with Gasteiger partial charge in [0.25, 0.3) is 0 Å². The van der Waals surface area contributed by atoms with Gasteiger partial charge in [0.2, 0.25) is 0 Å². The average molecular weight is 215 g/mol. The molecule has 0 saturated carbocycles. The van der Waals surface area contributed by atoms with Crippen LogP contribution in [0.2, 0.25) is 0 Å². The van der Waals surface area contributed by atoms with Crippen molar-refractivity contribution in [1.82, 2.24) is 9.78 Å². The van der Waals surface area contributed by atoms with Crippen molar-refractivity contribution in [1.29, 1.82) is 0 Å². The first-order chi connectivity index (χ1) is 7.65. The van der Waals surface area contributed by atoms with E-state index in [0.717, 1.165) is 6.54 Å². The Morgan fingerprint density at radius 2 is 1.94 bits per heavy atom. The van der Waals surface area contributed by atoms with Crippen LogP contribution in [0.1, 0.15) is 30.9 Å². The molecule has 3 heteroatoms. The zero-order chi connectivity index (χ0) is 11.5. The minimum Gasteiger partial charge on any atom is -0.396 e. The van der Waals surface area contributed by atoms with Crippen LogP contribution in [-0.4, -0.2) is 9.78 Å². The summed E-state index contributed by atoms with van der Waals surface area (Å²) in [5.74, 6) is 0.578. The van der Waals surface area contributed by atoms with Crippen LogP contribution in [0.25, 0.3) is 0 Å². The predicted molar refractivity (Wildman–Crippen MR) is 66.3 cm³/mol. The van der Waals surface area contributed by atoms with Gasteiger partial charge in [0.1, 0.15) is 0 Å². The number of nitrogens with zero attached hydrogens (tertiary/aromatic N) is 2. The molecule has 16 heavy (non-hydrogen) atoms. The van der Waals surface area contributed by atoms with Gasteiger partial charge < -0.3 is 5.73 Å². The molecule has 84 valence electrons. The van der Waals surface area contributed by atoms with Crippen molar-refractivity contribution in [2.75, 3.05) is 5.73 Å². The fourth-order valence-electron chi connectivity index (χ4n) is 1.66. The quantitative estimate of drug-likeness (QED) is 0.855. The molecule has 2 aromatic rings. The largest absolute Gasteiger partial charge is 0.396 e. The summed E-state index contributed by atoms with van der Waals surface area (Å²) in [5.41, 5.74) is 8.93. The van der Waals surface area contributed by atoms with Crippen molar-refractivity contribution in [2.24, 2.45) is 0 Å². The van der Waals surface area contributed by atoms with E-state index in [0.29, 0.717) is 11.6 Å². The second-order valence-electron chi connectivity index (χ2n) is 4.37. The van der Waals surface area contributed by atoms with Gasteiger partial charge in [0.05, 0.1) is 18.4 Å². The second kappa shape index (κ2) is 4.39. The van der Waals surface area contributed by atoms with Crippen LogP contribution in [0, 0.1) is 0 Å². The molecule has 0 radical (unpaired) electrons. The molecule has 0 aliphatic rings. The summed E-state index contributed by atoms with van der Waals surface area (Å²) in [5, 5.41) is 4.16. The normalized spacial score (nSPS) is 10.9. The van der Waals surface area contributed by atoms with Gasteiger partial charge in [-0.1, -0.05) is 38.1 Å². The topological polar surface area (TPSA) is 43.8 Å². The van der Waals surface area contributed by atoms with Crippen LogP contribution < -0.4 is 5.73 Å². The van der Waals surface area contributed by atoms with Crippen LogP contribution in [0.3, 0.4) is 0 Å². The van der Waals surface area contributed by atoms with Crippen LogP contribution in [0.5, 0.6) is 0 Å². The second-order valence-corrected chi connectivity index (χ2v) is 4.37. The Hall–Kier alpha value is -1.77. The highest BCUT2D eigenvalue weighted by molar-refractivity contribution is 5.31. The van der Waals surface area contributed by atoms with Gasteiger partial charge >= 0.3 is 0 Å². The summed E-state index contributed by atoms with van der Waals surface area (Å²) in [6.07, 6.45) is 3.51. The van der Waals surface area contributed by atoms with Crippen molar-refractivity contribution in [3.05, 3.63) is 47.8 Å². The van der Waals surface area contributed by atoms with Gasteiger partial charge in [0, 0.05) is 6.20 Å². The number of nitrogens with two attached hydrogens (primary N) is 1. The van der Waals surface area contributed by atoms with Crippen molar-refractivity contribution in [3.63, 3.8) is 0 Å². The first-order valence-electron chi connectivity index (χ1n) is 5.52. The van der Waals surface area contributed by atoms with Gasteiger partial charge in [0.15, 0.2) is 0 Å². The fraction of sp³-hybridized carbons (Fsp3) is 0.308. The van der Waals surface area contributed by atoms with Crippen LogP contribution in [0.4, 0.5) is 5.69 Å². The summed E-state index contributed by atoms with van der Waals surface area (Å²) < 4.78 is 1.85. The van der Waals surface area contributed by atoms with Crippen LogP contribution in [-0.2, 0) is 6.54 Å². The highest BCUT2D eigenvalue weighted by Gasteiger charge is 2.00. The molecule has 1 aromatic heterocycles. The SMILES string of the molecule is CC(C)c1ccc(Cn2cc(N)cn2)cc1. The number of anilines is 1. The zero-order valence-corrected chi connectivity index (χ0v) is 9.72. The molecular weight excluding hydrogens is 198 g/mol. The Balaban J connectivity index is 2.11. The van der Waals surface area contributed by atoms with E-state index in [1.807, 2.05) is 10.9 Å². The van der Waals surface area contributed by atoms with E-state index < -0.39 is 0 Å². The summed E-state index contributed by atoms with van der Waals surface area (Å²) in [7, 11) is 0. The summed E-state index contributed by atoms with van der Waals surface area (Å²) in [6, 6.07) is 8.64. The van der Waals surface area contributed by atoms with E-state index in [-0.39, 0.29) is 0 Å². The van der Waals surface area contributed by atoms with Gasteiger partial charge in [-0.3, -0.25) is 4.68 Å². The predicted octanol–water partition coefficient (Wildman–Crippen LogP) is 2.64. The highest BCUT2D eigenvalue weighted by atomic mass is 15.3. The van der Waals surface area contributed by atoms with E-state index >= 15 is 0 Å². The van der Waals surface area contributed by atoms with Crippen molar-refractivity contribution in [3.8, 4) is 0 Å². The fourth-order valence-corrected chi connectivity index (χ4v) is 1.66. The lowest BCUT2D eigenvalue weighted by Gasteiger charge is -2.06. The van der Waals surface area contributed by atoms with Crippen LogP contribution >= 0.6 is 0 Å². The lowest BCUT2D eigenvalue weighted by atomic mass is 10.0. The molecule has 0 atom stereocenters. The Labute approximate surface area is 95.9 Å². The van der Waals surface area contributed by atoms with Crippen molar-refractivity contribution in [2.45, 2.75) is 26.3 Å². The minimum atomic E-state index is 0.578. The molecule has 2 N–H and O–H groups in total. The molecule has 0 spiro atoms. The lowest BCUT2D eigenvalue weighted by molar-refractivity contribution is 0.686. The maximum Gasteiger partial charge on any atom is 0.0719 e. The average Bonchev–Trinajstić information content (AvgIpc) is 2.65. The Morgan fingerprint density at radius 3 is 2.44 bits per heavy atom. The molecule has 0 unspecified atom stereocenters. The number of rotatable bonds is 3. The molecular formula is C13H17N3. The number of benzene rings is 1. The Kier molecular flexibility index (Phi) is 2.95. The summed E-state index contributed by atoms with van der Waals surface area (Å²) in [4.78, 5) is 0. The van der Waals surface area contributed by atoms with E-state index in [1.165, 1.54) is 11.1 Å². The number of hydrogen-bond acceptors (Lipinski definition) is 2. The highest BCUT2D eigenvalue weighted by Crippen LogP contribution is 2.15. The molecule has 0 fully saturated rings. The first-order valence-corrected chi connectivity index (χ1v) is 5.52. The lowest BCUT2D eigenvalue weighted by Crippen LogP contribution is -2.00. The summed E-state index contributed by atoms with van der Waals surface area (Å²) in [6.45, 7) is 5.17. The standard InChI is InChI=1S/C13H17N3/c1-10(2)12-5-3-11(4-6-12)8-16-9-13(14)7-15-16/h3-7,9-10H,8,14H2,1-2H3. The van der Waals surface area contributed by atoms with E-state index in [2.05, 4.69) is 43.2 Å². The number of aromatic nitrogens is 2. The molecule has 0 aliphatic carbocycles. The van der Waals surface area contributed by atoms with Gasteiger partial charge in [-0.25, -0.2) is 0 Å². The summed E-state index contributed by atoms with van der Waals surface area (Å²) >= 11 is 0. The maximum atomic E-state index is 5.61. The molecule has 1 heterocycles. The third-order valence-corrected chi connectivity index (χ3v) is 2.64. The zero-order valence-electron chi connectivity index (χ0n) is 9.72. The number of nitrogen functional groups attached to an aromatic ring is 1. The molecule has 2 rings (SSSR count).